The van der Waals surface area contributed by atoms with E-state index in [-0.39, 0.29) is 18.3 Å². The molecule has 124 valence electrons. The van der Waals surface area contributed by atoms with Crippen molar-refractivity contribution >= 4 is 18.3 Å². The first-order valence-electron chi connectivity index (χ1n) is 8.13. The molecule has 22 heavy (non-hydrogen) atoms. The number of carbonyl (C=O) groups excluding carboxylic acids is 1. The van der Waals surface area contributed by atoms with Crippen LogP contribution in [0.1, 0.15) is 62.0 Å². The summed E-state index contributed by atoms with van der Waals surface area (Å²) in [5, 5.41) is 14.5. The SMILES string of the molecule is CCCC1(CNC(=O)c2cn(C3CCNCC3)nn2)CC1.Cl. The molecule has 6 nitrogen and oxygen atoms in total. The molecule has 0 radical (unpaired) electrons. The maximum atomic E-state index is 12.2. The maximum Gasteiger partial charge on any atom is 0.273 e. The molecule has 3 rings (SSSR count). The summed E-state index contributed by atoms with van der Waals surface area (Å²) < 4.78 is 1.86. The summed E-state index contributed by atoms with van der Waals surface area (Å²) >= 11 is 0. The van der Waals surface area contributed by atoms with Crippen LogP contribution in [0, 0.1) is 5.41 Å². The summed E-state index contributed by atoms with van der Waals surface area (Å²) in [4.78, 5) is 12.2. The van der Waals surface area contributed by atoms with E-state index in [0.717, 1.165) is 32.5 Å². The predicted octanol–water partition coefficient (Wildman–Crippen LogP) is 1.93. The molecular weight excluding hydrogens is 302 g/mol. The molecule has 0 spiro atoms. The number of amides is 1. The normalized spacial score (nSPS) is 20.2. The minimum atomic E-state index is -0.0856. The Morgan fingerprint density at radius 3 is 2.82 bits per heavy atom. The summed E-state index contributed by atoms with van der Waals surface area (Å²) in [6.07, 6.45) is 8.75. The highest BCUT2D eigenvalue weighted by Crippen LogP contribution is 2.48. The van der Waals surface area contributed by atoms with Gasteiger partial charge in [0.2, 0.25) is 0 Å². The largest absolute Gasteiger partial charge is 0.350 e. The summed E-state index contributed by atoms with van der Waals surface area (Å²) in [6, 6.07) is 0.371. The van der Waals surface area contributed by atoms with Crippen LogP contribution in [0.15, 0.2) is 6.20 Å². The summed E-state index contributed by atoms with van der Waals surface area (Å²) in [6.45, 7) is 4.99. The highest BCUT2D eigenvalue weighted by molar-refractivity contribution is 5.91. The minimum absolute atomic E-state index is 0. The zero-order chi connectivity index (χ0) is 14.7. The number of halogens is 1. The molecule has 1 saturated heterocycles. The van der Waals surface area contributed by atoms with Gasteiger partial charge in [-0.2, -0.15) is 0 Å². The number of rotatable bonds is 6. The van der Waals surface area contributed by atoms with Crippen LogP contribution in [0.25, 0.3) is 0 Å². The van der Waals surface area contributed by atoms with Gasteiger partial charge in [0.25, 0.3) is 5.91 Å². The third-order valence-electron chi connectivity index (χ3n) is 4.79. The van der Waals surface area contributed by atoms with Crippen LogP contribution in [0.5, 0.6) is 0 Å². The molecule has 1 aliphatic carbocycles. The second-order valence-corrected chi connectivity index (χ2v) is 6.50. The van der Waals surface area contributed by atoms with E-state index in [1.807, 2.05) is 4.68 Å². The van der Waals surface area contributed by atoms with Crippen LogP contribution >= 0.6 is 12.4 Å². The van der Waals surface area contributed by atoms with E-state index < -0.39 is 0 Å². The lowest BCUT2D eigenvalue weighted by Gasteiger charge is -2.22. The molecule has 0 unspecified atom stereocenters. The van der Waals surface area contributed by atoms with Crippen molar-refractivity contribution in [2.24, 2.45) is 5.41 Å². The van der Waals surface area contributed by atoms with E-state index in [9.17, 15) is 4.79 Å². The Morgan fingerprint density at radius 2 is 2.18 bits per heavy atom. The molecule has 0 bridgehead atoms. The fourth-order valence-corrected chi connectivity index (χ4v) is 3.21. The van der Waals surface area contributed by atoms with Crippen molar-refractivity contribution in [3.8, 4) is 0 Å². The Hall–Kier alpha value is -1.14. The number of aromatic nitrogens is 3. The topological polar surface area (TPSA) is 71.8 Å². The van der Waals surface area contributed by atoms with E-state index >= 15 is 0 Å². The first kappa shape index (κ1) is 17.2. The van der Waals surface area contributed by atoms with E-state index in [1.54, 1.807) is 6.20 Å². The van der Waals surface area contributed by atoms with Gasteiger partial charge in [-0.15, -0.1) is 17.5 Å². The zero-order valence-electron chi connectivity index (χ0n) is 13.2. The number of carbonyl (C=O) groups is 1. The van der Waals surface area contributed by atoms with Crippen molar-refractivity contribution in [2.75, 3.05) is 19.6 Å². The van der Waals surface area contributed by atoms with Gasteiger partial charge in [0.05, 0.1) is 12.2 Å². The monoisotopic (exact) mass is 327 g/mol. The number of nitrogens with one attached hydrogen (secondary N) is 2. The van der Waals surface area contributed by atoms with Gasteiger partial charge in [-0.3, -0.25) is 4.79 Å². The van der Waals surface area contributed by atoms with Crippen LogP contribution in [0.3, 0.4) is 0 Å². The lowest BCUT2D eigenvalue weighted by atomic mass is 10.0. The lowest BCUT2D eigenvalue weighted by molar-refractivity contribution is 0.0938. The fourth-order valence-electron chi connectivity index (χ4n) is 3.21. The first-order valence-corrected chi connectivity index (χ1v) is 8.13. The number of piperidine rings is 1. The van der Waals surface area contributed by atoms with Crippen molar-refractivity contribution < 1.29 is 4.79 Å². The third-order valence-corrected chi connectivity index (χ3v) is 4.79. The summed E-state index contributed by atoms with van der Waals surface area (Å²) in [5.74, 6) is -0.0856. The Labute approximate surface area is 137 Å². The standard InChI is InChI=1S/C15H25N5O.ClH/c1-2-5-15(6-7-15)11-17-14(21)13-10-20(19-18-13)12-3-8-16-9-4-12;/h10,12,16H,2-9,11H2,1H3,(H,17,21);1H. The van der Waals surface area contributed by atoms with Crippen molar-refractivity contribution in [3.05, 3.63) is 11.9 Å². The van der Waals surface area contributed by atoms with Crippen LogP contribution in [0.4, 0.5) is 0 Å². The molecule has 2 N–H and O–H groups in total. The molecule has 0 atom stereocenters. The number of hydrogen-bond acceptors (Lipinski definition) is 4. The van der Waals surface area contributed by atoms with Gasteiger partial charge in [0, 0.05) is 6.54 Å². The van der Waals surface area contributed by atoms with Crippen LogP contribution in [-0.4, -0.2) is 40.5 Å². The predicted molar refractivity (Wildman–Crippen MR) is 87.3 cm³/mol. The second-order valence-electron chi connectivity index (χ2n) is 6.50. The molecule has 2 heterocycles. The lowest BCUT2D eigenvalue weighted by Crippen LogP contribution is -2.30. The minimum Gasteiger partial charge on any atom is -0.350 e. The molecule has 1 aromatic rings. The van der Waals surface area contributed by atoms with Crippen molar-refractivity contribution in [1.29, 1.82) is 0 Å². The molecule has 0 aromatic carbocycles. The van der Waals surface area contributed by atoms with Crippen LogP contribution in [-0.2, 0) is 0 Å². The molecule has 1 saturated carbocycles. The Morgan fingerprint density at radius 1 is 1.45 bits per heavy atom. The van der Waals surface area contributed by atoms with Gasteiger partial charge >= 0.3 is 0 Å². The first-order chi connectivity index (χ1) is 10.2. The molecule has 1 amide bonds. The van der Waals surface area contributed by atoms with E-state index in [4.69, 9.17) is 0 Å². The Bertz CT molecular complexity index is 494. The summed E-state index contributed by atoms with van der Waals surface area (Å²) in [7, 11) is 0. The van der Waals surface area contributed by atoms with Crippen molar-refractivity contribution in [3.63, 3.8) is 0 Å². The van der Waals surface area contributed by atoms with Gasteiger partial charge in [-0.1, -0.05) is 18.6 Å². The average Bonchev–Trinajstić information content (AvgIpc) is 3.10. The third kappa shape index (κ3) is 3.98. The van der Waals surface area contributed by atoms with Crippen LogP contribution in [0.2, 0.25) is 0 Å². The smallest absolute Gasteiger partial charge is 0.273 e. The van der Waals surface area contributed by atoms with Gasteiger partial charge in [0.15, 0.2) is 5.69 Å². The van der Waals surface area contributed by atoms with Crippen molar-refractivity contribution in [2.45, 2.75) is 51.5 Å². The Balaban J connectivity index is 0.00000176. The van der Waals surface area contributed by atoms with E-state index in [1.165, 1.54) is 25.7 Å². The Kier molecular flexibility index (Phi) is 5.81. The van der Waals surface area contributed by atoms with Gasteiger partial charge in [0.1, 0.15) is 0 Å². The van der Waals surface area contributed by atoms with E-state index in [2.05, 4.69) is 27.9 Å². The molecule has 2 aliphatic rings. The number of hydrogen-bond donors (Lipinski definition) is 2. The zero-order valence-corrected chi connectivity index (χ0v) is 14.0. The highest BCUT2D eigenvalue weighted by Gasteiger charge is 2.41. The van der Waals surface area contributed by atoms with Gasteiger partial charge in [-0.25, -0.2) is 4.68 Å². The van der Waals surface area contributed by atoms with Crippen LogP contribution < -0.4 is 10.6 Å². The van der Waals surface area contributed by atoms with Gasteiger partial charge < -0.3 is 10.6 Å². The van der Waals surface area contributed by atoms with Crippen molar-refractivity contribution in [1.82, 2.24) is 25.6 Å². The molecule has 2 fully saturated rings. The van der Waals surface area contributed by atoms with Gasteiger partial charge in [-0.05, 0) is 50.6 Å². The molecule has 1 aromatic heterocycles. The van der Waals surface area contributed by atoms with E-state index in [0.29, 0.717) is 17.2 Å². The average molecular weight is 328 g/mol. The maximum absolute atomic E-state index is 12.2. The quantitative estimate of drug-likeness (QED) is 0.837. The molecular formula is C15H26ClN5O. The number of nitrogens with zero attached hydrogens (tertiary/aromatic N) is 3. The molecule has 1 aliphatic heterocycles. The fraction of sp³-hybridized carbons (Fsp3) is 0.800. The highest BCUT2D eigenvalue weighted by atomic mass is 35.5. The second kappa shape index (κ2) is 7.42. The summed E-state index contributed by atoms with van der Waals surface area (Å²) in [5.41, 5.74) is 0.816. The molecule has 7 heteroatoms.